The molecule has 0 spiro atoms. The molecule has 3 atom stereocenters. The van der Waals surface area contributed by atoms with Crippen molar-refractivity contribution in [1.29, 1.82) is 0 Å². The molecule has 1 aliphatic heterocycles. The average Bonchev–Trinajstić information content (AvgIpc) is 3.25. The second-order valence-corrected chi connectivity index (χ2v) is 8.53. The molecule has 0 saturated carbocycles. The fourth-order valence-corrected chi connectivity index (χ4v) is 4.75. The number of rotatable bonds is 3. The van der Waals surface area contributed by atoms with Gasteiger partial charge in [0.15, 0.2) is 0 Å². The molecule has 2 N–H and O–H groups in total. The highest BCUT2D eigenvalue weighted by Gasteiger charge is 2.37. The van der Waals surface area contributed by atoms with Gasteiger partial charge in [-0.2, -0.15) is 0 Å². The maximum atomic E-state index is 9.54. The molecule has 0 aromatic heterocycles. The molecular weight excluding hydrogens is 392 g/mol. The normalized spacial score (nSPS) is 22.0. The summed E-state index contributed by atoms with van der Waals surface area (Å²) in [4.78, 5) is 4.55. The first-order valence-corrected chi connectivity index (χ1v) is 10.6. The molecule has 150 valence electrons. The van der Waals surface area contributed by atoms with E-state index in [4.69, 9.17) is 11.6 Å². The number of aryl methyl sites for hydroxylation is 1. The zero-order chi connectivity index (χ0) is 20.7. The van der Waals surface area contributed by atoms with Crippen molar-refractivity contribution < 1.29 is 5.11 Å². The third-order valence-electron chi connectivity index (χ3n) is 6.10. The molecule has 0 saturated heterocycles. The zero-order valence-electron chi connectivity index (χ0n) is 16.7. The van der Waals surface area contributed by atoms with E-state index in [1.807, 2.05) is 0 Å². The van der Waals surface area contributed by atoms with E-state index in [0.717, 1.165) is 17.7 Å². The van der Waals surface area contributed by atoms with Crippen molar-refractivity contribution in [2.75, 3.05) is 5.32 Å². The summed E-state index contributed by atoms with van der Waals surface area (Å²) in [5.74, 6) is 1.09. The Morgan fingerprint density at radius 3 is 2.70 bits per heavy atom. The molecule has 5 rings (SSSR count). The maximum Gasteiger partial charge on any atom is 0.134 e. The van der Waals surface area contributed by atoms with Gasteiger partial charge in [0, 0.05) is 17.8 Å². The van der Waals surface area contributed by atoms with Gasteiger partial charge in [-0.05, 0) is 72.4 Å². The summed E-state index contributed by atoms with van der Waals surface area (Å²) in [7, 11) is 0. The van der Waals surface area contributed by atoms with Crippen molar-refractivity contribution in [2.45, 2.75) is 25.3 Å². The number of aromatic hydroxyl groups is 1. The molecule has 0 fully saturated rings. The van der Waals surface area contributed by atoms with E-state index in [2.05, 4.69) is 71.8 Å². The van der Waals surface area contributed by atoms with E-state index >= 15 is 0 Å². The largest absolute Gasteiger partial charge is 0.506 e. The summed E-state index contributed by atoms with van der Waals surface area (Å²) in [6, 6.07) is 20.5. The Hall–Kier alpha value is -3.04. The number of nitrogens with one attached hydrogen (secondary N) is 1. The fourth-order valence-electron chi connectivity index (χ4n) is 4.56. The first-order chi connectivity index (χ1) is 14.6. The van der Waals surface area contributed by atoms with Crippen LogP contribution >= 0.6 is 11.6 Å². The predicted octanol–water partition coefficient (Wildman–Crippen LogP) is 6.93. The molecule has 30 heavy (non-hydrogen) atoms. The SMILES string of the molecule is Cc1ccc2c(c1)[C@@H]1C=CC[C@H]1[C@H](c1ccc(N=Cc3ccc(O)c(Cl)c3)cc1)N2. The Morgan fingerprint density at radius 2 is 1.90 bits per heavy atom. The molecule has 3 nitrogen and oxygen atoms in total. The molecule has 1 heterocycles. The quantitative estimate of drug-likeness (QED) is 0.360. The van der Waals surface area contributed by atoms with Crippen LogP contribution in [-0.2, 0) is 0 Å². The van der Waals surface area contributed by atoms with Crippen molar-refractivity contribution in [1.82, 2.24) is 0 Å². The van der Waals surface area contributed by atoms with Gasteiger partial charge in [-0.1, -0.05) is 53.6 Å². The second-order valence-electron chi connectivity index (χ2n) is 8.13. The monoisotopic (exact) mass is 414 g/mol. The van der Waals surface area contributed by atoms with Crippen molar-refractivity contribution in [2.24, 2.45) is 10.9 Å². The number of phenols is 1. The highest BCUT2D eigenvalue weighted by molar-refractivity contribution is 6.32. The molecule has 2 aliphatic rings. The molecule has 3 aromatic rings. The van der Waals surface area contributed by atoms with E-state index in [1.54, 1.807) is 24.4 Å². The van der Waals surface area contributed by atoms with Crippen LogP contribution in [0.15, 0.2) is 77.8 Å². The number of hydrogen-bond donors (Lipinski definition) is 2. The Kier molecular flexibility index (Phi) is 4.84. The van der Waals surface area contributed by atoms with Crippen LogP contribution in [0.25, 0.3) is 0 Å². The first kappa shape index (κ1) is 19.0. The van der Waals surface area contributed by atoms with Crippen LogP contribution in [0.1, 0.15) is 40.6 Å². The van der Waals surface area contributed by atoms with Crippen LogP contribution in [0.2, 0.25) is 5.02 Å². The Bertz CT molecular complexity index is 1150. The first-order valence-electron chi connectivity index (χ1n) is 10.2. The average molecular weight is 415 g/mol. The van der Waals surface area contributed by atoms with Crippen LogP contribution < -0.4 is 5.32 Å². The number of halogens is 1. The number of fused-ring (bicyclic) bond motifs is 3. The highest BCUT2D eigenvalue weighted by atomic mass is 35.5. The van der Waals surface area contributed by atoms with Gasteiger partial charge in [-0.25, -0.2) is 0 Å². The number of aliphatic imine (C=N–C) groups is 1. The molecular formula is C26H23ClN2O. The third-order valence-corrected chi connectivity index (χ3v) is 6.41. The van der Waals surface area contributed by atoms with Crippen molar-refractivity contribution in [3.63, 3.8) is 0 Å². The second kappa shape index (κ2) is 7.66. The Labute approximate surface area is 181 Å². The number of benzene rings is 3. The number of anilines is 1. The smallest absolute Gasteiger partial charge is 0.134 e. The lowest BCUT2D eigenvalue weighted by Crippen LogP contribution is -2.29. The van der Waals surface area contributed by atoms with Gasteiger partial charge >= 0.3 is 0 Å². The van der Waals surface area contributed by atoms with Gasteiger partial charge in [-0.3, -0.25) is 4.99 Å². The van der Waals surface area contributed by atoms with Crippen LogP contribution in [0.5, 0.6) is 5.75 Å². The van der Waals surface area contributed by atoms with E-state index < -0.39 is 0 Å². The number of hydrogen-bond acceptors (Lipinski definition) is 3. The van der Waals surface area contributed by atoms with Crippen LogP contribution in [0, 0.1) is 12.8 Å². The summed E-state index contributed by atoms with van der Waals surface area (Å²) in [6.45, 7) is 2.16. The molecule has 0 radical (unpaired) electrons. The minimum absolute atomic E-state index is 0.0783. The van der Waals surface area contributed by atoms with Crippen LogP contribution in [-0.4, -0.2) is 11.3 Å². The molecule has 0 unspecified atom stereocenters. The fraction of sp³-hybridized carbons (Fsp3) is 0.192. The van der Waals surface area contributed by atoms with Gasteiger partial charge < -0.3 is 10.4 Å². The Morgan fingerprint density at radius 1 is 1.07 bits per heavy atom. The van der Waals surface area contributed by atoms with Gasteiger partial charge in [0.05, 0.1) is 16.8 Å². The highest BCUT2D eigenvalue weighted by Crippen LogP contribution is 2.50. The Balaban J connectivity index is 1.38. The topological polar surface area (TPSA) is 44.6 Å². The van der Waals surface area contributed by atoms with Crippen molar-refractivity contribution >= 4 is 29.2 Å². The van der Waals surface area contributed by atoms with E-state index in [9.17, 15) is 5.11 Å². The van der Waals surface area contributed by atoms with E-state index in [0.29, 0.717) is 16.9 Å². The van der Waals surface area contributed by atoms with Crippen LogP contribution in [0.3, 0.4) is 0 Å². The van der Waals surface area contributed by atoms with Gasteiger partial charge in [0.1, 0.15) is 5.75 Å². The van der Waals surface area contributed by atoms with E-state index in [1.165, 1.54) is 22.4 Å². The minimum Gasteiger partial charge on any atom is -0.506 e. The van der Waals surface area contributed by atoms with E-state index in [-0.39, 0.29) is 11.8 Å². The maximum absolute atomic E-state index is 9.54. The molecule has 3 aromatic carbocycles. The predicted molar refractivity (Wildman–Crippen MR) is 124 cm³/mol. The summed E-state index contributed by atoms with van der Waals surface area (Å²) in [5, 5.41) is 13.6. The molecule has 0 amide bonds. The summed E-state index contributed by atoms with van der Waals surface area (Å²) in [5.41, 5.74) is 6.98. The van der Waals surface area contributed by atoms with Gasteiger partial charge in [0.2, 0.25) is 0 Å². The number of allylic oxidation sites excluding steroid dienone is 2. The third kappa shape index (κ3) is 3.50. The number of nitrogens with zero attached hydrogens (tertiary/aromatic N) is 1. The zero-order valence-corrected chi connectivity index (χ0v) is 17.5. The van der Waals surface area contributed by atoms with Gasteiger partial charge in [-0.15, -0.1) is 0 Å². The lowest BCUT2D eigenvalue weighted by atomic mass is 9.76. The molecule has 1 aliphatic carbocycles. The number of phenolic OH excluding ortho intramolecular Hbond substituents is 1. The van der Waals surface area contributed by atoms with Crippen LogP contribution in [0.4, 0.5) is 11.4 Å². The molecule has 4 heteroatoms. The lowest BCUT2D eigenvalue weighted by molar-refractivity contribution is 0.425. The standard InChI is InChI=1S/C26H23ClN2O/c1-16-5-11-24-22(13-16)20-3-2-4-21(20)26(29-24)18-7-9-19(10-8-18)28-15-17-6-12-25(30)23(27)14-17/h2-3,5-15,20-21,26,29-30H,4H2,1H3/t20-,21-,26+/m1/s1. The van der Waals surface area contributed by atoms with Gasteiger partial charge in [0.25, 0.3) is 0 Å². The minimum atomic E-state index is 0.0783. The summed E-state index contributed by atoms with van der Waals surface area (Å²) >= 11 is 5.97. The van der Waals surface area contributed by atoms with Crippen molar-refractivity contribution in [3.8, 4) is 5.75 Å². The van der Waals surface area contributed by atoms with Crippen molar-refractivity contribution in [3.05, 3.63) is 100 Å². The molecule has 0 bridgehead atoms. The summed E-state index contributed by atoms with van der Waals surface area (Å²) < 4.78 is 0. The summed E-state index contributed by atoms with van der Waals surface area (Å²) in [6.07, 6.45) is 7.55. The lowest BCUT2D eigenvalue weighted by Gasteiger charge is -2.37.